The van der Waals surface area contributed by atoms with Crippen molar-refractivity contribution in [3.05, 3.63) is 27.8 Å². The average Bonchev–Trinajstić information content (AvgIpc) is 2.00. The van der Waals surface area contributed by atoms with E-state index in [1.54, 1.807) is 12.1 Å². The summed E-state index contributed by atoms with van der Waals surface area (Å²) in [5.74, 6) is 0.324. The van der Waals surface area contributed by atoms with Gasteiger partial charge < -0.3 is 5.11 Å². The number of hydrogen-bond acceptors (Lipinski definition) is 1. The van der Waals surface area contributed by atoms with Gasteiger partial charge in [-0.15, -0.1) is 0 Å². The molecular formula is C6H5ClIKO. The van der Waals surface area contributed by atoms with Crippen LogP contribution in [-0.2, 0) is 0 Å². The Morgan fingerprint density at radius 2 is 1.60 bits per heavy atom. The van der Waals surface area contributed by atoms with Crippen LogP contribution in [-0.4, -0.2) is 52.2 Å². The Morgan fingerprint density at radius 1 is 1.20 bits per heavy atom. The van der Waals surface area contributed by atoms with E-state index in [1.165, 1.54) is 0 Å². The number of phenols is 1. The van der Waals surface area contributed by atoms with E-state index in [2.05, 4.69) is 22.6 Å². The van der Waals surface area contributed by atoms with Gasteiger partial charge in [0.2, 0.25) is 0 Å². The van der Waals surface area contributed by atoms with E-state index in [-0.39, 0.29) is 0 Å². The van der Waals surface area contributed by atoms with Gasteiger partial charge in [0.1, 0.15) is 5.75 Å². The van der Waals surface area contributed by atoms with Gasteiger partial charge in [-0.2, -0.15) is 0 Å². The van der Waals surface area contributed by atoms with E-state index >= 15 is 0 Å². The molecular weight excluding hydrogens is 290 g/mol. The van der Waals surface area contributed by atoms with E-state index in [0.717, 1.165) is 3.57 Å². The molecule has 0 aromatic heterocycles. The number of hydrogen-bond donors (Lipinski definition) is 1. The number of benzene rings is 1. The first-order chi connectivity index (χ1) is 4.79. The molecule has 50 valence electrons. The third kappa shape index (κ3) is 5.34. The Labute approximate surface area is 110 Å². The van der Waals surface area contributed by atoms with Crippen LogP contribution in [0, 0.1) is 3.57 Å². The fourth-order valence-corrected chi connectivity index (χ4v) is 0.801. The Hall–Kier alpha value is 1.68. The quantitative estimate of drug-likeness (QED) is 0.575. The number of aromatic hydroxyl groups is 1. The Bertz CT molecular complexity index is 157. The monoisotopic (exact) mass is 294 g/mol. The average molecular weight is 295 g/mol. The normalized spacial score (nSPS) is 8.00. The van der Waals surface area contributed by atoms with Crippen molar-refractivity contribution in [2.24, 2.45) is 0 Å². The molecule has 1 rings (SSSR count). The molecule has 1 nitrogen and oxygen atoms in total. The molecule has 1 aromatic rings. The third-order valence-corrected chi connectivity index (χ3v) is 1.55. The van der Waals surface area contributed by atoms with Crippen molar-refractivity contribution >= 4 is 73.5 Å². The van der Waals surface area contributed by atoms with Crippen molar-refractivity contribution in [1.29, 1.82) is 0 Å². The minimum atomic E-state index is 0.324. The van der Waals surface area contributed by atoms with Gasteiger partial charge in [0.05, 0.1) is 0 Å². The summed E-state index contributed by atoms with van der Waals surface area (Å²) in [6.45, 7) is 0. The summed E-state index contributed by atoms with van der Waals surface area (Å²) < 4.78 is 5.97. The van der Waals surface area contributed by atoms with E-state index in [9.17, 15) is 0 Å². The number of phenolic OH excluding ortho intramolecular Hbond substituents is 1. The molecule has 0 radical (unpaired) electrons. The van der Waals surface area contributed by atoms with Gasteiger partial charge in [-0.1, -0.05) is 0 Å². The first-order valence-corrected chi connectivity index (χ1v) is 7.99. The van der Waals surface area contributed by atoms with Crippen LogP contribution in [0.2, 0.25) is 0 Å². The maximum absolute atomic E-state index is 8.75. The Kier molecular flexibility index (Phi) is 8.56. The van der Waals surface area contributed by atoms with Gasteiger partial charge in [0.15, 0.2) is 0 Å². The zero-order valence-electron chi connectivity index (χ0n) is 5.51. The molecule has 1 N–H and O–H groups in total. The summed E-state index contributed by atoms with van der Waals surface area (Å²) in [6.07, 6.45) is 0. The summed E-state index contributed by atoms with van der Waals surface area (Å²) in [6, 6.07) is 7.05. The van der Waals surface area contributed by atoms with E-state index < -0.39 is 0 Å². The second-order valence-corrected chi connectivity index (χ2v) is 2.72. The van der Waals surface area contributed by atoms with Gasteiger partial charge >= 0.3 is 50.9 Å². The predicted octanol–water partition coefficient (Wildman–Crippen LogP) is 2.31. The van der Waals surface area contributed by atoms with Crippen molar-refractivity contribution in [3.63, 3.8) is 0 Å². The van der Waals surface area contributed by atoms with Gasteiger partial charge in [-0.05, 0) is 46.9 Å². The van der Waals surface area contributed by atoms with Crippen LogP contribution in [0.1, 0.15) is 0 Å². The standard InChI is InChI=1S/C6H5IO.ClH.K/c7-5-1-3-6(8)4-2-5;;/h1-4,8H;1H;/q;;+1/p-1. The van der Waals surface area contributed by atoms with Gasteiger partial charge in [0, 0.05) is 3.57 Å². The molecule has 0 unspecified atom stereocenters. The SMILES string of the molecule is Oc1ccc(I)cc1.[Cl][K]. The minimum absolute atomic E-state index is 0.324. The molecule has 0 heterocycles. The summed E-state index contributed by atoms with van der Waals surface area (Å²) in [5, 5.41) is 8.75. The second kappa shape index (κ2) is 7.33. The van der Waals surface area contributed by atoms with E-state index in [4.69, 9.17) is 8.87 Å². The van der Waals surface area contributed by atoms with Crippen molar-refractivity contribution in [2.45, 2.75) is 0 Å². The molecule has 0 saturated heterocycles. The van der Waals surface area contributed by atoms with Crippen LogP contribution in [0.3, 0.4) is 0 Å². The topological polar surface area (TPSA) is 20.2 Å². The van der Waals surface area contributed by atoms with Crippen molar-refractivity contribution < 1.29 is 5.11 Å². The summed E-state index contributed by atoms with van der Waals surface area (Å²) in [4.78, 5) is 0. The van der Waals surface area contributed by atoms with Crippen molar-refractivity contribution in [3.8, 4) is 5.75 Å². The van der Waals surface area contributed by atoms with Crippen LogP contribution >= 0.6 is 26.4 Å². The first-order valence-electron chi connectivity index (χ1n) is 2.61. The predicted molar refractivity (Wildman–Crippen MR) is 52.4 cm³/mol. The van der Waals surface area contributed by atoms with Crippen LogP contribution in [0.5, 0.6) is 5.75 Å². The Balaban J connectivity index is 0.000000371. The number of rotatable bonds is 0. The van der Waals surface area contributed by atoms with Crippen LogP contribution in [0.4, 0.5) is 0 Å². The van der Waals surface area contributed by atoms with Crippen LogP contribution in [0.15, 0.2) is 24.3 Å². The van der Waals surface area contributed by atoms with Crippen LogP contribution in [0.25, 0.3) is 0 Å². The van der Waals surface area contributed by atoms with E-state index in [0.29, 0.717) is 52.9 Å². The molecule has 0 spiro atoms. The molecule has 1 aromatic carbocycles. The first kappa shape index (κ1) is 11.7. The van der Waals surface area contributed by atoms with Crippen molar-refractivity contribution in [2.75, 3.05) is 0 Å². The van der Waals surface area contributed by atoms with Crippen LogP contribution < -0.4 is 0 Å². The summed E-state index contributed by atoms with van der Waals surface area (Å²) >= 11 is 2.72. The molecule has 0 aliphatic carbocycles. The fraction of sp³-hybridized carbons (Fsp3) is 0. The van der Waals surface area contributed by atoms with Gasteiger partial charge in [-0.25, -0.2) is 0 Å². The second-order valence-electron chi connectivity index (χ2n) is 1.48. The molecule has 0 fully saturated rings. The number of halogens is 2. The summed E-state index contributed by atoms with van der Waals surface area (Å²) in [7, 11) is 0. The van der Waals surface area contributed by atoms with Crippen molar-refractivity contribution in [1.82, 2.24) is 0 Å². The fourth-order valence-electron chi connectivity index (χ4n) is 0.441. The Morgan fingerprint density at radius 3 is 1.90 bits per heavy atom. The molecule has 4 heteroatoms. The molecule has 10 heavy (non-hydrogen) atoms. The van der Waals surface area contributed by atoms with E-state index in [1.807, 2.05) is 12.1 Å². The van der Waals surface area contributed by atoms with Gasteiger partial charge in [0.25, 0.3) is 0 Å². The van der Waals surface area contributed by atoms with Gasteiger partial charge in [-0.3, -0.25) is 0 Å². The third-order valence-electron chi connectivity index (χ3n) is 0.827. The maximum atomic E-state index is 8.75. The molecule has 0 aliphatic rings. The zero-order valence-corrected chi connectivity index (χ0v) is 11.5. The zero-order chi connectivity index (χ0) is 7.98. The summed E-state index contributed by atoms with van der Waals surface area (Å²) in [5.41, 5.74) is 0. The molecule has 0 bridgehead atoms. The molecule has 0 amide bonds. The molecule has 0 aliphatic heterocycles. The molecule has 0 atom stereocenters. The molecule has 0 saturated carbocycles.